The summed E-state index contributed by atoms with van der Waals surface area (Å²) < 4.78 is 6.04. The first-order chi connectivity index (χ1) is 9.63. The molecule has 0 amide bonds. The molecule has 0 radical (unpaired) electrons. The minimum Gasteiger partial charge on any atom is -0.497 e. The predicted molar refractivity (Wildman–Crippen MR) is 86.9 cm³/mol. The summed E-state index contributed by atoms with van der Waals surface area (Å²) >= 11 is 7.63. The molecule has 0 spiro atoms. The van der Waals surface area contributed by atoms with Crippen molar-refractivity contribution in [2.75, 3.05) is 7.11 Å². The van der Waals surface area contributed by atoms with Crippen molar-refractivity contribution < 1.29 is 4.74 Å². The Hall–Kier alpha value is -1.03. The summed E-state index contributed by atoms with van der Waals surface area (Å²) in [5.41, 5.74) is 1.28. The number of halogens is 1. The van der Waals surface area contributed by atoms with Crippen molar-refractivity contribution >= 4 is 22.9 Å². The Bertz CT molecular complexity index is 538. The standard InChI is InChI=1S/C16H20ClNOS/c1-4-14(12-5-7-13(19-3)8-6-12)18-11(2)15-9-10-16(17)20-15/h5-11,14,18H,4H2,1-3H3. The Morgan fingerprint density at radius 1 is 1.20 bits per heavy atom. The Morgan fingerprint density at radius 2 is 1.90 bits per heavy atom. The average Bonchev–Trinajstić information content (AvgIpc) is 2.91. The molecule has 2 rings (SSSR count). The van der Waals surface area contributed by atoms with Gasteiger partial charge in [0, 0.05) is 17.0 Å². The highest BCUT2D eigenvalue weighted by atomic mass is 35.5. The van der Waals surface area contributed by atoms with Gasteiger partial charge in [0.05, 0.1) is 11.4 Å². The normalized spacial score (nSPS) is 14.0. The molecule has 4 heteroatoms. The first-order valence-electron chi connectivity index (χ1n) is 6.79. The van der Waals surface area contributed by atoms with Crippen LogP contribution in [0.5, 0.6) is 5.75 Å². The summed E-state index contributed by atoms with van der Waals surface area (Å²) in [6.45, 7) is 4.37. The lowest BCUT2D eigenvalue weighted by Gasteiger charge is -2.22. The monoisotopic (exact) mass is 309 g/mol. The van der Waals surface area contributed by atoms with E-state index in [9.17, 15) is 0 Å². The van der Waals surface area contributed by atoms with Crippen molar-refractivity contribution in [3.8, 4) is 5.75 Å². The van der Waals surface area contributed by atoms with Gasteiger partial charge in [-0.1, -0.05) is 30.7 Å². The van der Waals surface area contributed by atoms with Gasteiger partial charge in [-0.2, -0.15) is 0 Å². The summed E-state index contributed by atoms with van der Waals surface area (Å²) in [5, 5.41) is 3.66. The largest absolute Gasteiger partial charge is 0.497 e. The van der Waals surface area contributed by atoms with E-state index >= 15 is 0 Å². The molecule has 0 saturated carbocycles. The highest BCUT2D eigenvalue weighted by molar-refractivity contribution is 7.16. The zero-order valence-corrected chi connectivity index (χ0v) is 13.6. The van der Waals surface area contributed by atoms with E-state index in [2.05, 4.69) is 37.4 Å². The van der Waals surface area contributed by atoms with Gasteiger partial charge >= 0.3 is 0 Å². The first-order valence-corrected chi connectivity index (χ1v) is 7.98. The molecule has 2 aromatic rings. The summed E-state index contributed by atoms with van der Waals surface area (Å²) in [7, 11) is 1.69. The fourth-order valence-corrected chi connectivity index (χ4v) is 3.30. The van der Waals surface area contributed by atoms with Crippen molar-refractivity contribution in [1.82, 2.24) is 5.32 Å². The van der Waals surface area contributed by atoms with Crippen LogP contribution in [0.3, 0.4) is 0 Å². The van der Waals surface area contributed by atoms with Crippen LogP contribution in [0.25, 0.3) is 0 Å². The zero-order valence-electron chi connectivity index (χ0n) is 12.0. The van der Waals surface area contributed by atoms with E-state index in [1.165, 1.54) is 10.4 Å². The maximum atomic E-state index is 6.00. The van der Waals surface area contributed by atoms with Crippen LogP contribution in [-0.2, 0) is 0 Å². The average molecular weight is 310 g/mol. The summed E-state index contributed by atoms with van der Waals surface area (Å²) in [6.07, 6.45) is 1.04. The number of ether oxygens (including phenoxy) is 1. The van der Waals surface area contributed by atoms with Gasteiger partial charge in [0.25, 0.3) is 0 Å². The minimum absolute atomic E-state index is 0.291. The molecule has 108 valence electrons. The molecule has 2 unspecified atom stereocenters. The Morgan fingerprint density at radius 3 is 2.40 bits per heavy atom. The molecule has 0 bridgehead atoms. The van der Waals surface area contributed by atoms with Gasteiger partial charge in [0.2, 0.25) is 0 Å². The third kappa shape index (κ3) is 3.75. The summed E-state index contributed by atoms with van der Waals surface area (Å²) in [6, 6.07) is 12.9. The van der Waals surface area contributed by atoms with Gasteiger partial charge in [-0.15, -0.1) is 11.3 Å². The second kappa shape index (κ2) is 7.11. The topological polar surface area (TPSA) is 21.3 Å². The van der Waals surface area contributed by atoms with Crippen LogP contribution in [-0.4, -0.2) is 7.11 Å². The van der Waals surface area contributed by atoms with Crippen molar-refractivity contribution in [2.45, 2.75) is 32.4 Å². The van der Waals surface area contributed by atoms with E-state index in [0.29, 0.717) is 12.1 Å². The van der Waals surface area contributed by atoms with Gasteiger partial charge in [0.15, 0.2) is 0 Å². The van der Waals surface area contributed by atoms with Crippen LogP contribution in [0, 0.1) is 0 Å². The Labute approximate surface area is 129 Å². The molecule has 1 aromatic heterocycles. The predicted octanol–water partition coefficient (Wildman–Crippen LogP) is 5.21. The highest BCUT2D eigenvalue weighted by Gasteiger charge is 2.15. The smallest absolute Gasteiger partial charge is 0.118 e. The summed E-state index contributed by atoms with van der Waals surface area (Å²) in [5.74, 6) is 0.890. The molecule has 0 aliphatic rings. The van der Waals surface area contributed by atoms with E-state index in [1.807, 2.05) is 18.2 Å². The van der Waals surface area contributed by atoms with Crippen molar-refractivity contribution in [3.63, 3.8) is 0 Å². The lowest BCUT2D eigenvalue weighted by Crippen LogP contribution is -2.23. The van der Waals surface area contributed by atoms with Gasteiger partial charge in [0.1, 0.15) is 5.75 Å². The number of hydrogen-bond donors (Lipinski definition) is 1. The summed E-state index contributed by atoms with van der Waals surface area (Å²) in [4.78, 5) is 1.27. The van der Waals surface area contributed by atoms with Crippen LogP contribution in [0.15, 0.2) is 36.4 Å². The van der Waals surface area contributed by atoms with Crippen molar-refractivity contribution in [3.05, 3.63) is 51.2 Å². The third-order valence-electron chi connectivity index (χ3n) is 3.40. The molecule has 1 N–H and O–H groups in total. The molecule has 20 heavy (non-hydrogen) atoms. The molecule has 1 aromatic carbocycles. The van der Waals surface area contributed by atoms with Crippen LogP contribution in [0.4, 0.5) is 0 Å². The molecule has 0 aliphatic heterocycles. The van der Waals surface area contributed by atoms with Gasteiger partial charge in [-0.25, -0.2) is 0 Å². The van der Waals surface area contributed by atoms with Crippen LogP contribution in [0.1, 0.15) is 42.8 Å². The molecule has 2 nitrogen and oxygen atoms in total. The molecular weight excluding hydrogens is 290 g/mol. The number of nitrogens with one attached hydrogen (secondary N) is 1. The van der Waals surface area contributed by atoms with Gasteiger partial charge in [-0.05, 0) is 43.2 Å². The van der Waals surface area contributed by atoms with E-state index in [0.717, 1.165) is 16.5 Å². The Balaban J connectivity index is 2.07. The second-order valence-electron chi connectivity index (χ2n) is 4.76. The minimum atomic E-state index is 0.291. The fraction of sp³-hybridized carbons (Fsp3) is 0.375. The van der Waals surface area contributed by atoms with E-state index in [4.69, 9.17) is 16.3 Å². The van der Waals surface area contributed by atoms with E-state index < -0.39 is 0 Å². The SMILES string of the molecule is CCC(NC(C)c1ccc(Cl)s1)c1ccc(OC)cc1. The van der Waals surface area contributed by atoms with Gasteiger partial charge in [-0.3, -0.25) is 0 Å². The molecular formula is C16H20ClNOS. The zero-order chi connectivity index (χ0) is 14.5. The molecule has 1 heterocycles. The highest BCUT2D eigenvalue weighted by Crippen LogP contribution is 2.29. The maximum absolute atomic E-state index is 6.00. The lowest BCUT2D eigenvalue weighted by molar-refractivity contribution is 0.413. The number of rotatable bonds is 6. The van der Waals surface area contributed by atoms with Crippen LogP contribution < -0.4 is 10.1 Å². The third-order valence-corrected chi connectivity index (χ3v) is 4.81. The molecule has 2 atom stereocenters. The van der Waals surface area contributed by atoms with Crippen molar-refractivity contribution in [2.24, 2.45) is 0 Å². The fourth-order valence-electron chi connectivity index (χ4n) is 2.23. The number of hydrogen-bond acceptors (Lipinski definition) is 3. The number of thiophene rings is 1. The quantitative estimate of drug-likeness (QED) is 0.790. The van der Waals surface area contributed by atoms with Crippen molar-refractivity contribution in [1.29, 1.82) is 0 Å². The molecule has 0 fully saturated rings. The molecule has 0 aliphatic carbocycles. The van der Waals surface area contributed by atoms with Gasteiger partial charge < -0.3 is 10.1 Å². The second-order valence-corrected chi connectivity index (χ2v) is 6.51. The number of benzene rings is 1. The van der Waals surface area contributed by atoms with Crippen LogP contribution in [0.2, 0.25) is 4.34 Å². The van der Waals surface area contributed by atoms with Crippen LogP contribution >= 0.6 is 22.9 Å². The molecule has 0 saturated heterocycles. The van der Waals surface area contributed by atoms with E-state index in [1.54, 1.807) is 18.4 Å². The van der Waals surface area contributed by atoms with E-state index in [-0.39, 0.29) is 0 Å². The first kappa shape index (κ1) is 15.4. The Kier molecular flexibility index (Phi) is 5.46. The number of methoxy groups -OCH3 is 1. The maximum Gasteiger partial charge on any atom is 0.118 e. The lowest BCUT2D eigenvalue weighted by atomic mass is 10.0.